The molecule has 1 heterocycles. The van der Waals surface area contributed by atoms with Gasteiger partial charge in [-0.3, -0.25) is 0 Å². The van der Waals surface area contributed by atoms with E-state index in [1.54, 1.807) is 30.3 Å². The Hall–Kier alpha value is -1.88. The lowest BCUT2D eigenvalue weighted by atomic mass is 10.3. The number of nitriles is 1. The Balaban J connectivity index is 2.05. The highest BCUT2D eigenvalue weighted by Crippen LogP contribution is 2.19. The second-order valence-corrected chi connectivity index (χ2v) is 7.86. The van der Waals surface area contributed by atoms with Crippen molar-refractivity contribution in [3.05, 3.63) is 46.2 Å². The molecule has 0 spiro atoms. The topological polar surface area (TPSA) is 73.2 Å². The van der Waals surface area contributed by atoms with Crippen LogP contribution in [0.2, 0.25) is 0 Å². The molecule has 0 amide bonds. The fraction of sp³-hybridized carbons (Fsp3) is 0.214. The molecule has 0 atom stereocenters. The molecule has 0 radical (unpaired) electrons. The number of hydrogen-bond acceptors (Lipinski definition) is 5. The van der Waals surface area contributed by atoms with E-state index in [0.29, 0.717) is 11.4 Å². The van der Waals surface area contributed by atoms with E-state index in [1.807, 2.05) is 6.07 Å². The Morgan fingerprint density at radius 2 is 1.86 bits per heavy atom. The summed E-state index contributed by atoms with van der Waals surface area (Å²) < 4.78 is 25.1. The van der Waals surface area contributed by atoms with E-state index in [9.17, 15) is 8.42 Å². The van der Waals surface area contributed by atoms with Gasteiger partial charge >= 0.3 is 0 Å². The molecule has 7 heteroatoms. The Morgan fingerprint density at radius 1 is 1.19 bits per heavy atom. The maximum Gasteiger partial charge on any atom is 0.242 e. The van der Waals surface area contributed by atoms with Crippen LogP contribution in [0, 0.1) is 11.3 Å². The lowest BCUT2D eigenvalue weighted by molar-refractivity contribution is 0.521. The molecular formula is C14H15N3O2S2. The van der Waals surface area contributed by atoms with Gasteiger partial charge < -0.3 is 5.32 Å². The highest BCUT2D eigenvalue weighted by atomic mass is 32.2. The van der Waals surface area contributed by atoms with Crippen LogP contribution >= 0.6 is 11.3 Å². The summed E-state index contributed by atoms with van der Waals surface area (Å²) in [5, 5.41) is 12.0. The molecule has 1 N–H and O–H groups in total. The van der Waals surface area contributed by atoms with Gasteiger partial charge in [-0.05, 0) is 36.4 Å². The average Bonchev–Trinajstić information content (AvgIpc) is 2.93. The Bertz CT molecular complexity index is 756. The van der Waals surface area contributed by atoms with Gasteiger partial charge in [0.15, 0.2) is 0 Å². The fourth-order valence-corrected chi connectivity index (χ4v) is 3.32. The molecular weight excluding hydrogens is 306 g/mol. The van der Waals surface area contributed by atoms with Gasteiger partial charge in [0.1, 0.15) is 10.9 Å². The minimum Gasteiger partial charge on any atom is -0.380 e. The molecule has 21 heavy (non-hydrogen) atoms. The van der Waals surface area contributed by atoms with Crippen molar-refractivity contribution in [3.63, 3.8) is 0 Å². The number of nitrogens with one attached hydrogen (secondary N) is 1. The number of nitrogens with zero attached hydrogens (tertiary/aromatic N) is 2. The van der Waals surface area contributed by atoms with Crippen LogP contribution in [0.3, 0.4) is 0 Å². The van der Waals surface area contributed by atoms with Gasteiger partial charge in [-0.25, -0.2) is 12.7 Å². The largest absolute Gasteiger partial charge is 0.380 e. The molecule has 0 saturated carbocycles. The van der Waals surface area contributed by atoms with Gasteiger partial charge in [-0.1, -0.05) is 0 Å². The summed E-state index contributed by atoms with van der Waals surface area (Å²) in [6.45, 7) is 0.603. The zero-order chi connectivity index (χ0) is 15.5. The molecule has 0 aliphatic rings. The molecule has 110 valence electrons. The predicted octanol–water partition coefficient (Wildman–Crippen LogP) is 2.48. The van der Waals surface area contributed by atoms with Gasteiger partial charge in [0, 0.05) is 31.2 Å². The molecule has 0 aliphatic heterocycles. The Labute approximate surface area is 128 Å². The number of sulfonamides is 1. The number of thiophene rings is 1. The van der Waals surface area contributed by atoms with E-state index in [0.717, 1.165) is 10.6 Å². The van der Waals surface area contributed by atoms with Crippen molar-refractivity contribution >= 4 is 27.0 Å². The summed E-state index contributed by atoms with van der Waals surface area (Å²) in [7, 11) is -0.379. The monoisotopic (exact) mass is 321 g/mol. The molecule has 0 unspecified atom stereocenters. The van der Waals surface area contributed by atoms with Crippen molar-refractivity contribution in [2.45, 2.75) is 11.4 Å². The van der Waals surface area contributed by atoms with E-state index >= 15 is 0 Å². The third-order valence-corrected chi connectivity index (χ3v) is 5.69. The van der Waals surface area contributed by atoms with Crippen molar-refractivity contribution < 1.29 is 8.42 Å². The van der Waals surface area contributed by atoms with E-state index in [4.69, 9.17) is 5.26 Å². The number of rotatable bonds is 5. The summed E-state index contributed by atoms with van der Waals surface area (Å²) in [6, 6.07) is 12.4. The standard InChI is InChI=1S/C14H15N3O2S2/c1-17(2)21(18,19)14-7-3-11(4-8-14)16-10-13-6-5-12(9-15)20-13/h3-8,16H,10H2,1-2H3. The van der Waals surface area contributed by atoms with E-state index in [1.165, 1.54) is 29.7 Å². The molecule has 5 nitrogen and oxygen atoms in total. The third-order valence-electron chi connectivity index (χ3n) is 2.87. The van der Waals surface area contributed by atoms with Crippen LogP contribution in [0.1, 0.15) is 9.75 Å². The number of benzene rings is 1. The Morgan fingerprint density at radius 3 is 2.38 bits per heavy atom. The maximum absolute atomic E-state index is 11.9. The SMILES string of the molecule is CN(C)S(=O)(=O)c1ccc(NCc2ccc(C#N)s2)cc1. The van der Waals surface area contributed by atoms with E-state index in [2.05, 4.69) is 11.4 Å². The minimum atomic E-state index is -3.39. The van der Waals surface area contributed by atoms with Gasteiger partial charge in [0.2, 0.25) is 10.0 Å². The van der Waals surface area contributed by atoms with E-state index in [-0.39, 0.29) is 4.90 Å². The van der Waals surface area contributed by atoms with Crippen molar-refractivity contribution in [3.8, 4) is 6.07 Å². The van der Waals surface area contributed by atoms with Crippen LogP contribution < -0.4 is 5.32 Å². The van der Waals surface area contributed by atoms with Crippen LogP contribution in [0.25, 0.3) is 0 Å². The fourth-order valence-electron chi connectivity index (χ4n) is 1.68. The Kier molecular flexibility index (Phi) is 4.63. The van der Waals surface area contributed by atoms with Gasteiger partial charge in [0.25, 0.3) is 0 Å². The summed E-state index contributed by atoms with van der Waals surface area (Å²) >= 11 is 1.44. The van der Waals surface area contributed by atoms with Crippen LogP contribution in [0.5, 0.6) is 0 Å². The molecule has 0 fully saturated rings. The van der Waals surface area contributed by atoms with Crippen LogP contribution in [-0.2, 0) is 16.6 Å². The van der Waals surface area contributed by atoms with Gasteiger partial charge in [-0.2, -0.15) is 5.26 Å². The smallest absolute Gasteiger partial charge is 0.242 e. The molecule has 2 aromatic rings. The number of hydrogen-bond donors (Lipinski definition) is 1. The first-order valence-electron chi connectivity index (χ1n) is 6.19. The van der Waals surface area contributed by atoms with Gasteiger partial charge in [0.05, 0.1) is 4.90 Å². The van der Waals surface area contributed by atoms with E-state index < -0.39 is 10.0 Å². The van der Waals surface area contributed by atoms with Crippen LogP contribution in [-0.4, -0.2) is 26.8 Å². The second-order valence-electron chi connectivity index (χ2n) is 4.54. The number of anilines is 1. The molecule has 0 saturated heterocycles. The van der Waals surface area contributed by atoms with Crippen LogP contribution in [0.15, 0.2) is 41.3 Å². The highest BCUT2D eigenvalue weighted by Gasteiger charge is 2.16. The summed E-state index contributed by atoms with van der Waals surface area (Å²) in [6.07, 6.45) is 0. The van der Waals surface area contributed by atoms with Gasteiger partial charge in [-0.15, -0.1) is 11.3 Å². The van der Waals surface area contributed by atoms with Crippen molar-refractivity contribution in [2.75, 3.05) is 19.4 Å². The first-order valence-corrected chi connectivity index (χ1v) is 8.44. The van der Waals surface area contributed by atoms with Crippen molar-refractivity contribution in [2.24, 2.45) is 0 Å². The third kappa shape index (κ3) is 3.61. The summed E-state index contributed by atoms with van der Waals surface area (Å²) in [4.78, 5) is 2.00. The lowest BCUT2D eigenvalue weighted by Crippen LogP contribution is -2.22. The quantitative estimate of drug-likeness (QED) is 0.918. The molecule has 1 aromatic carbocycles. The predicted molar refractivity (Wildman–Crippen MR) is 83.7 cm³/mol. The second kappa shape index (κ2) is 6.26. The lowest BCUT2D eigenvalue weighted by Gasteiger charge is -2.12. The highest BCUT2D eigenvalue weighted by molar-refractivity contribution is 7.89. The molecule has 0 bridgehead atoms. The zero-order valence-electron chi connectivity index (χ0n) is 11.7. The van der Waals surface area contributed by atoms with Crippen molar-refractivity contribution in [1.29, 1.82) is 5.26 Å². The normalized spacial score (nSPS) is 11.3. The summed E-state index contributed by atoms with van der Waals surface area (Å²) in [5.74, 6) is 0. The average molecular weight is 321 g/mol. The molecule has 2 rings (SSSR count). The van der Waals surface area contributed by atoms with Crippen LogP contribution in [0.4, 0.5) is 5.69 Å². The first kappa shape index (κ1) is 15.5. The first-order chi connectivity index (χ1) is 9.93. The molecule has 1 aromatic heterocycles. The summed E-state index contributed by atoms with van der Waals surface area (Å²) in [5.41, 5.74) is 0.833. The minimum absolute atomic E-state index is 0.265. The zero-order valence-corrected chi connectivity index (χ0v) is 13.3. The maximum atomic E-state index is 11.9. The molecule has 0 aliphatic carbocycles. The van der Waals surface area contributed by atoms with Crippen molar-refractivity contribution in [1.82, 2.24) is 4.31 Å².